The zero-order chi connectivity index (χ0) is 14.1. The maximum atomic E-state index is 13.3. The Morgan fingerprint density at radius 2 is 2.00 bits per heavy atom. The van der Waals surface area contributed by atoms with Gasteiger partial charge in [0.05, 0.1) is 6.61 Å². The van der Waals surface area contributed by atoms with Crippen LogP contribution in [0.1, 0.15) is 38.8 Å². The Labute approximate surface area is 115 Å². The van der Waals surface area contributed by atoms with Crippen LogP contribution in [0.2, 0.25) is 0 Å². The number of hydrogen-bond acceptors (Lipinski definition) is 3. The molecule has 0 fully saturated rings. The molecule has 0 spiro atoms. The fourth-order valence-corrected chi connectivity index (χ4v) is 1.86. The van der Waals surface area contributed by atoms with Gasteiger partial charge in [0, 0.05) is 18.2 Å². The molecule has 4 heteroatoms. The van der Waals surface area contributed by atoms with Gasteiger partial charge >= 0.3 is 0 Å². The predicted molar refractivity (Wildman–Crippen MR) is 75.1 cm³/mol. The maximum Gasteiger partial charge on any atom is 0.124 e. The van der Waals surface area contributed by atoms with Crippen molar-refractivity contribution in [3.63, 3.8) is 0 Å². The van der Waals surface area contributed by atoms with Crippen LogP contribution in [0.3, 0.4) is 0 Å². The van der Waals surface area contributed by atoms with Gasteiger partial charge in [-0.25, -0.2) is 4.39 Å². The molecule has 0 saturated heterocycles. The number of hydrogen-bond donors (Lipinski definition) is 1. The van der Waals surface area contributed by atoms with Gasteiger partial charge in [-0.05, 0) is 38.1 Å². The molecule has 0 aliphatic rings. The van der Waals surface area contributed by atoms with Crippen molar-refractivity contribution in [1.82, 2.24) is 5.32 Å². The molecule has 1 N–H and O–H groups in total. The first-order valence-electron chi connectivity index (χ1n) is 6.92. The molecule has 1 aromatic rings. The molecule has 1 aromatic carbocycles. The van der Waals surface area contributed by atoms with Gasteiger partial charge in [-0.3, -0.25) is 0 Å². The first-order valence-corrected chi connectivity index (χ1v) is 6.92. The van der Waals surface area contributed by atoms with Crippen molar-refractivity contribution in [3.05, 3.63) is 29.6 Å². The summed E-state index contributed by atoms with van der Waals surface area (Å²) in [6.45, 7) is 8.70. The third-order valence-electron chi connectivity index (χ3n) is 2.78. The van der Waals surface area contributed by atoms with Crippen LogP contribution in [0, 0.1) is 5.82 Å². The van der Waals surface area contributed by atoms with E-state index in [0.29, 0.717) is 13.2 Å². The summed E-state index contributed by atoms with van der Waals surface area (Å²) in [5, 5.41) is 3.26. The van der Waals surface area contributed by atoms with Gasteiger partial charge in [0.25, 0.3) is 0 Å². The van der Waals surface area contributed by atoms with Crippen LogP contribution in [0.4, 0.5) is 4.39 Å². The molecular weight excluding hydrogens is 245 g/mol. The summed E-state index contributed by atoms with van der Waals surface area (Å²) < 4.78 is 24.4. The summed E-state index contributed by atoms with van der Waals surface area (Å²) in [6, 6.07) is 4.69. The smallest absolute Gasteiger partial charge is 0.124 e. The van der Waals surface area contributed by atoms with Gasteiger partial charge in [-0.2, -0.15) is 0 Å². The molecule has 1 atom stereocenters. The molecule has 0 radical (unpaired) electrons. The Morgan fingerprint density at radius 3 is 2.68 bits per heavy atom. The van der Waals surface area contributed by atoms with Crippen molar-refractivity contribution >= 4 is 0 Å². The largest absolute Gasteiger partial charge is 0.491 e. The summed E-state index contributed by atoms with van der Waals surface area (Å²) in [7, 11) is 0. The van der Waals surface area contributed by atoms with E-state index in [0.717, 1.165) is 30.9 Å². The second-order valence-corrected chi connectivity index (χ2v) is 4.42. The molecule has 1 rings (SSSR count). The average molecular weight is 269 g/mol. The molecule has 0 bridgehead atoms. The van der Waals surface area contributed by atoms with Crippen molar-refractivity contribution in [2.75, 3.05) is 26.4 Å². The van der Waals surface area contributed by atoms with E-state index in [4.69, 9.17) is 9.47 Å². The van der Waals surface area contributed by atoms with Crippen LogP contribution in [0.5, 0.6) is 5.75 Å². The Hall–Kier alpha value is -1.13. The first-order chi connectivity index (χ1) is 9.19. The van der Waals surface area contributed by atoms with E-state index in [1.54, 1.807) is 6.07 Å². The van der Waals surface area contributed by atoms with E-state index >= 15 is 0 Å². The maximum absolute atomic E-state index is 13.3. The summed E-state index contributed by atoms with van der Waals surface area (Å²) in [5.74, 6) is 0.476. The van der Waals surface area contributed by atoms with Gasteiger partial charge in [-0.15, -0.1) is 0 Å². The molecule has 19 heavy (non-hydrogen) atoms. The van der Waals surface area contributed by atoms with E-state index < -0.39 is 0 Å². The summed E-state index contributed by atoms with van der Waals surface area (Å²) in [6.07, 6.45) is 0.999. The lowest BCUT2D eigenvalue weighted by Crippen LogP contribution is -2.19. The Morgan fingerprint density at radius 1 is 1.21 bits per heavy atom. The fourth-order valence-electron chi connectivity index (χ4n) is 1.86. The van der Waals surface area contributed by atoms with Gasteiger partial charge < -0.3 is 14.8 Å². The number of rotatable bonds is 9. The normalized spacial score (nSPS) is 12.4. The summed E-state index contributed by atoms with van der Waals surface area (Å²) >= 11 is 0. The minimum Gasteiger partial charge on any atom is -0.491 e. The standard InChI is InChI=1S/C15H24FNO2/c1-4-8-18-9-10-19-15-7-6-13(16)11-14(15)12(3)17-5-2/h6-7,11-12,17H,4-5,8-10H2,1-3H3. The lowest BCUT2D eigenvalue weighted by atomic mass is 10.1. The SMILES string of the molecule is CCCOCCOc1ccc(F)cc1C(C)NCC. The van der Waals surface area contributed by atoms with Crippen LogP contribution < -0.4 is 10.1 Å². The van der Waals surface area contributed by atoms with Gasteiger partial charge in [0.1, 0.15) is 18.2 Å². The first kappa shape index (κ1) is 15.9. The molecular formula is C15H24FNO2. The minimum absolute atomic E-state index is 0.0623. The van der Waals surface area contributed by atoms with Crippen LogP contribution in [0.25, 0.3) is 0 Å². The molecule has 0 amide bonds. The topological polar surface area (TPSA) is 30.5 Å². The Balaban J connectivity index is 2.60. The Bertz CT molecular complexity index is 371. The number of benzene rings is 1. The number of halogens is 1. The highest BCUT2D eigenvalue weighted by Crippen LogP contribution is 2.26. The molecule has 1 unspecified atom stereocenters. The lowest BCUT2D eigenvalue weighted by Gasteiger charge is -2.17. The van der Waals surface area contributed by atoms with Crippen LogP contribution >= 0.6 is 0 Å². The van der Waals surface area contributed by atoms with Gasteiger partial charge in [0.15, 0.2) is 0 Å². The molecule has 108 valence electrons. The van der Waals surface area contributed by atoms with Crippen molar-refractivity contribution in [2.45, 2.75) is 33.2 Å². The van der Waals surface area contributed by atoms with E-state index in [1.165, 1.54) is 12.1 Å². The molecule has 0 aliphatic carbocycles. The van der Waals surface area contributed by atoms with Crippen LogP contribution in [0.15, 0.2) is 18.2 Å². The third-order valence-corrected chi connectivity index (χ3v) is 2.78. The Kier molecular flexibility index (Phi) is 7.45. The van der Waals surface area contributed by atoms with Crippen molar-refractivity contribution in [1.29, 1.82) is 0 Å². The molecule has 0 aliphatic heterocycles. The zero-order valence-corrected chi connectivity index (χ0v) is 12.0. The summed E-state index contributed by atoms with van der Waals surface area (Å²) in [4.78, 5) is 0. The van der Waals surface area contributed by atoms with Crippen LogP contribution in [-0.4, -0.2) is 26.4 Å². The third kappa shape index (κ3) is 5.57. The minimum atomic E-state index is -0.241. The highest BCUT2D eigenvalue weighted by atomic mass is 19.1. The van der Waals surface area contributed by atoms with Gasteiger partial charge in [-0.1, -0.05) is 13.8 Å². The highest BCUT2D eigenvalue weighted by molar-refractivity contribution is 5.36. The molecule has 0 saturated carbocycles. The average Bonchev–Trinajstić information content (AvgIpc) is 2.40. The molecule has 0 aromatic heterocycles. The monoisotopic (exact) mass is 269 g/mol. The van der Waals surface area contributed by atoms with Gasteiger partial charge in [0.2, 0.25) is 0 Å². The zero-order valence-electron chi connectivity index (χ0n) is 12.0. The quantitative estimate of drug-likeness (QED) is 0.698. The molecule has 0 heterocycles. The van der Waals surface area contributed by atoms with Crippen LogP contribution in [-0.2, 0) is 4.74 Å². The van der Waals surface area contributed by atoms with E-state index in [-0.39, 0.29) is 11.9 Å². The second kappa shape index (κ2) is 8.88. The lowest BCUT2D eigenvalue weighted by molar-refractivity contribution is 0.100. The fraction of sp³-hybridized carbons (Fsp3) is 0.600. The second-order valence-electron chi connectivity index (χ2n) is 4.42. The highest BCUT2D eigenvalue weighted by Gasteiger charge is 2.12. The number of nitrogens with one attached hydrogen (secondary N) is 1. The van der Waals surface area contributed by atoms with Crippen molar-refractivity contribution in [3.8, 4) is 5.75 Å². The van der Waals surface area contributed by atoms with E-state index in [9.17, 15) is 4.39 Å². The molecule has 3 nitrogen and oxygen atoms in total. The summed E-state index contributed by atoms with van der Waals surface area (Å²) in [5.41, 5.74) is 0.845. The number of ether oxygens (including phenoxy) is 2. The van der Waals surface area contributed by atoms with Crippen molar-refractivity contribution < 1.29 is 13.9 Å². The van der Waals surface area contributed by atoms with E-state index in [1.807, 2.05) is 13.8 Å². The predicted octanol–water partition coefficient (Wildman–Crippen LogP) is 3.30. The van der Waals surface area contributed by atoms with Crippen molar-refractivity contribution in [2.24, 2.45) is 0 Å². The van der Waals surface area contributed by atoms with E-state index in [2.05, 4.69) is 12.2 Å².